The zero-order valence-electron chi connectivity index (χ0n) is 13.9. The van der Waals surface area contributed by atoms with E-state index in [1.165, 1.54) is 24.3 Å². The van der Waals surface area contributed by atoms with Crippen LogP contribution in [0.15, 0.2) is 54.6 Å². The van der Waals surface area contributed by atoms with Crippen molar-refractivity contribution in [2.24, 2.45) is 5.73 Å². The summed E-state index contributed by atoms with van der Waals surface area (Å²) in [7, 11) is -3.59. The van der Waals surface area contributed by atoms with Crippen LogP contribution in [0.3, 0.4) is 0 Å². The molecule has 0 aliphatic heterocycles. The second-order valence-electron chi connectivity index (χ2n) is 6.13. The normalized spacial score (nSPS) is 15.1. The molecular weight excluding hydrogens is 354 g/mol. The molecule has 1 aliphatic rings. The number of hydrogen-bond acceptors (Lipinski definition) is 5. The van der Waals surface area contributed by atoms with E-state index < -0.39 is 27.2 Å². The highest BCUT2D eigenvalue weighted by molar-refractivity contribution is 7.91. The van der Waals surface area contributed by atoms with Crippen molar-refractivity contribution >= 4 is 27.5 Å². The predicted octanol–water partition coefficient (Wildman–Crippen LogP) is 1.55. The Morgan fingerprint density at radius 2 is 1.62 bits per heavy atom. The lowest BCUT2D eigenvalue weighted by atomic mass is 10.1. The number of nitrogens with one attached hydrogen (secondary N) is 2. The minimum atomic E-state index is -3.59. The van der Waals surface area contributed by atoms with Gasteiger partial charge in [-0.25, -0.2) is 13.1 Å². The highest BCUT2D eigenvalue weighted by Gasteiger charge is 2.36. The molecule has 0 radical (unpaired) electrons. The highest BCUT2D eigenvalue weighted by Crippen LogP contribution is 2.27. The van der Waals surface area contributed by atoms with Gasteiger partial charge in [0, 0.05) is 11.3 Å². The maximum absolute atomic E-state index is 12.2. The molecule has 3 rings (SSSR count). The first kappa shape index (κ1) is 18.1. The summed E-state index contributed by atoms with van der Waals surface area (Å²) in [5, 5.41) is 2.20. The maximum atomic E-state index is 12.2. The van der Waals surface area contributed by atoms with Crippen molar-refractivity contribution in [1.29, 1.82) is 0 Å². The van der Waals surface area contributed by atoms with Crippen LogP contribution in [0, 0.1) is 0 Å². The van der Waals surface area contributed by atoms with Gasteiger partial charge in [0.25, 0.3) is 5.91 Å². The lowest BCUT2D eigenvalue weighted by Crippen LogP contribution is -2.33. The average molecular weight is 373 g/mol. The van der Waals surface area contributed by atoms with Gasteiger partial charge >= 0.3 is 0 Å². The number of amides is 2. The van der Waals surface area contributed by atoms with Gasteiger partial charge in [0.1, 0.15) is 6.04 Å². The minimum Gasteiger partial charge on any atom is -0.324 e. The van der Waals surface area contributed by atoms with Gasteiger partial charge in [-0.05, 0) is 42.7 Å². The molecule has 4 N–H and O–H groups in total. The molecule has 7 nitrogen and oxygen atoms in total. The van der Waals surface area contributed by atoms with Gasteiger partial charge in [0.05, 0.1) is 5.25 Å². The summed E-state index contributed by atoms with van der Waals surface area (Å²) in [6, 6.07) is 14.1. The number of anilines is 1. The molecule has 1 aliphatic carbocycles. The van der Waals surface area contributed by atoms with E-state index in [2.05, 4.69) is 10.0 Å². The van der Waals surface area contributed by atoms with Crippen LogP contribution in [0.25, 0.3) is 0 Å². The summed E-state index contributed by atoms with van der Waals surface area (Å²) in [5.74, 6) is -1.07. The van der Waals surface area contributed by atoms with Crippen LogP contribution in [0.4, 0.5) is 5.69 Å². The van der Waals surface area contributed by atoms with Gasteiger partial charge in [-0.1, -0.05) is 30.3 Å². The van der Waals surface area contributed by atoms with Crippen molar-refractivity contribution in [2.75, 3.05) is 5.32 Å². The number of carbonyl (C=O) groups excluding carboxylic acids is 2. The fourth-order valence-corrected chi connectivity index (χ4v) is 3.69. The molecule has 0 unspecified atom stereocenters. The molecule has 0 saturated heterocycles. The van der Waals surface area contributed by atoms with Crippen molar-refractivity contribution in [1.82, 2.24) is 4.72 Å². The Morgan fingerprint density at radius 1 is 1.00 bits per heavy atom. The molecule has 1 atom stereocenters. The SMILES string of the molecule is N[C@H](C(=O)Nc1ccc(C(=O)NS(=O)(=O)C2CC2)cc1)c1ccccc1. The molecule has 2 aromatic rings. The first-order valence-corrected chi connectivity index (χ1v) is 9.69. The van der Waals surface area contributed by atoms with Crippen LogP contribution in [0.2, 0.25) is 0 Å². The van der Waals surface area contributed by atoms with Gasteiger partial charge in [0.15, 0.2) is 0 Å². The Hall–Kier alpha value is -2.71. The Morgan fingerprint density at radius 3 is 2.19 bits per heavy atom. The molecule has 1 fully saturated rings. The Kier molecular flexibility index (Phi) is 5.06. The fraction of sp³-hybridized carbons (Fsp3) is 0.222. The number of nitrogens with two attached hydrogens (primary N) is 1. The molecule has 136 valence electrons. The standard InChI is InChI=1S/C18H19N3O4S/c19-16(12-4-2-1-3-5-12)18(23)20-14-8-6-13(7-9-14)17(22)21-26(24,25)15-10-11-15/h1-9,15-16H,10-11,19H2,(H,20,23)(H,21,22)/t16-/m0/s1. The van der Waals surface area contributed by atoms with Crippen molar-refractivity contribution in [3.63, 3.8) is 0 Å². The summed E-state index contributed by atoms with van der Waals surface area (Å²) in [6.45, 7) is 0. The van der Waals surface area contributed by atoms with Crippen molar-refractivity contribution in [3.8, 4) is 0 Å². The first-order chi connectivity index (χ1) is 12.4. The molecule has 2 aromatic carbocycles. The molecule has 26 heavy (non-hydrogen) atoms. The van der Waals surface area contributed by atoms with Crippen molar-refractivity contribution < 1.29 is 18.0 Å². The van der Waals surface area contributed by atoms with E-state index in [9.17, 15) is 18.0 Å². The van der Waals surface area contributed by atoms with Gasteiger partial charge in [-0.3, -0.25) is 9.59 Å². The van der Waals surface area contributed by atoms with Crippen LogP contribution in [-0.4, -0.2) is 25.5 Å². The Balaban J connectivity index is 1.62. The second kappa shape index (κ2) is 7.27. The predicted molar refractivity (Wildman–Crippen MR) is 97.9 cm³/mol. The molecule has 2 amide bonds. The number of hydrogen-bond donors (Lipinski definition) is 3. The topological polar surface area (TPSA) is 118 Å². The van der Waals surface area contributed by atoms with Crippen LogP contribution >= 0.6 is 0 Å². The minimum absolute atomic E-state index is 0.194. The number of rotatable bonds is 6. The summed E-state index contributed by atoms with van der Waals surface area (Å²) in [5.41, 5.74) is 7.27. The monoisotopic (exact) mass is 373 g/mol. The van der Waals surface area contributed by atoms with Crippen LogP contribution in [0.1, 0.15) is 34.8 Å². The zero-order chi connectivity index (χ0) is 18.7. The Labute approximate surface area is 151 Å². The average Bonchev–Trinajstić information content (AvgIpc) is 3.48. The fourth-order valence-electron chi connectivity index (χ4n) is 2.39. The van der Waals surface area contributed by atoms with Crippen LogP contribution < -0.4 is 15.8 Å². The van der Waals surface area contributed by atoms with Crippen molar-refractivity contribution in [2.45, 2.75) is 24.1 Å². The summed E-state index contributed by atoms with van der Waals surface area (Å²) < 4.78 is 25.7. The molecule has 0 aromatic heterocycles. The third kappa shape index (κ3) is 4.27. The lowest BCUT2D eigenvalue weighted by molar-refractivity contribution is -0.117. The lowest BCUT2D eigenvalue weighted by Gasteiger charge is -2.13. The van der Waals surface area contributed by atoms with Gasteiger partial charge in [-0.15, -0.1) is 0 Å². The van der Waals surface area contributed by atoms with Crippen LogP contribution in [-0.2, 0) is 14.8 Å². The van der Waals surface area contributed by atoms with E-state index in [0.717, 1.165) is 0 Å². The highest BCUT2D eigenvalue weighted by atomic mass is 32.2. The molecule has 8 heteroatoms. The molecule has 0 spiro atoms. The zero-order valence-corrected chi connectivity index (χ0v) is 14.7. The maximum Gasteiger partial charge on any atom is 0.264 e. The Bertz CT molecular complexity index is 907. The van der Waals surface area contributed by atoms with Gasteiger partial charge < -0.3 is 11.1 Å². The summed E-state index contributed by atoms with van der Waals surface area (Å²) in [4.78, 5) is 24.2. The van der Waals surface area contributed by atoms with E-state index in [4.69, 9.17) is 5.73 Å². The third-order valence-electron chi connectivity index (χ3n) is 4.05. The smallest absolute Gasteiger partial charge is 0.264 e. The van der Waals surface area contributed by atoms with Crippen LogP contribution in [0.5, 0.6) is 0 Å². The molecular formula is C18H19N3O4S. The quantitative estimate of drug-likeness (QED) is 0.710. The third-order valence-corrected chi connectivity index (χ3v) is 5.87. The van der Waals surface area contributed by atoms with Gasteiger partial charge in [-0.2, -0.15) is 0 Å². The van der Waals surface area contributed by atoms with E-state index in [-0.39, 0.29) is 11.5 Å². The summed E-state index contributed by atoms with van der Waals surface area (Å²) >= 11 is 0. The van der Waals surface area contributed by atoms with E-state index in [1.54, 1.807) is 24.3 Å². The first-order valence-electron chi connectivity index (χ1n) is 8.14. The molecule has 0 heterocycles. The van der Waals surface area contributed by atoms with E-state index in [0.29, 0.717) is 24.1 Å². The number of carbonyl (C=O) groups is 2. The molecule has 1 saturated carbocycles. The largest absolute Gasteiger partial charge is 0.324 e. The number of sulfonamides is 1. The van der Waals surface area contributed by atoms with Gasteiger partial charge in [0.2, 0.25) is 15.9 Å². The van der Waals surface area contributed by atoms with E-state index >= 15 is 0 Å². The summed E-state index contributed by atoms with van der Waals surface area (Å²) in [6.07, 6.45) is 1.16. The number of benzene rings is 2. The molecule has 0 bridgehead atoms. The van der Waals surface area contributed by atoms with Crippen molar-refractivity contribution in [3.05, 3.63) is 65.7 Å². The second-order valence-corrected chi connectivity index (χ2v) is 8.09. The van der Waals surface area contributed by atoms with E-state index in [1.807, 2.05) is 6.07 Å².